The van der Waals surface area contributed by atoms with Crippen LogP contribution in [0.25, 0.3) is 0 Å². The van der Waals surface area contributed by atoms with Crippen molar-refractivity contribution in [3.05, 3.63) is 106 Å². The standard InChI is InChI=1S/C34H36/c1-6-20-32-25-14-10-11-15-26(25)33(21-7-2)29-19-18-24(9-4)23-30(29)34(22-8-3,31(32,33)5)28-17-13-12-16-27(28)32/h4,10-19,23H,6-8,20-22H2,1-3,5H3/t31-,32+,33-,34+/m0/s1. The highest BCUT2D eigenvalue weighted by Gasteiger charge is 2.82. The smallest absolute Gasteiger partial charge is 0.0286 e. The van der Waals surface area contributed by atoms with E-state index >= 15 is 0 Å². The first-order valence-corrected chi connectivity index (χ1v) is 13.4. The molecular weight excluding hydrogens is 408 g/mol. The molecular formula is C34H36. The van der Waals surface area contributed by atoms with Crippen molar-refractivity contribution in [3.63, 3.8) is 0 Å². The monoisotopic (exact) mass is 444 g/mol. The van der Waals surface area contributed by atoms with Crippen molar-refractivity contribution in [2.24, 2.45) is 5.41 Å². The first-order valence-electron chi connectivity index (χ1n) is 13.4. The van der Waals surface area contributed by atoms with E-state index in [1.807, 2.05) is 0 Å². The van der Waals surface area contributed by atoms with Gasteiger partial charge >= 0.3 is 0 Å². The first-order chi connectivity index (χ1) is 16.5. The lowest BCUT2D eigenvalue weighted by Crippen LogP contribution is -2.54. The Bertz CT molecular complexity index is 1330. The predicted octanol–water partition coefficient (Wildman–Crippen LogP) is 8.27. The maximum Gasteiger partial charge on any atom is 0.0286 e. The van der Waals surface area contributed by atoms with Crippen molar-refractivity contribution in [1.29, 1.82) is 0 Å². The topological polar surface area (TPSA) is 0 Å². The predicted molar refractivity (Wildman–Crippen MR) is 142 cm³/mol. The maximum atomic E-state index is 5.99. The van der Waals surface area contributed by atoms with Crippen LogP contribution < -0.4 is 0 Å². The normalized spacial score (nSPS) is 31.5. The molecule has 0 heteroatoms. The number of benzene rings is 3. The molecule has 0 aromatic heterocycles. The van der Waals surface area contributed by atoms with Gasteiger partial charge in [0.25, 0.3) is 0 Å². The zero-order chi connectivity index (χ0) is 23.8. The van der Waals surface area contributed by atoms with Crippen LogP contribution in [0.1, 0.15) is 105 Å². The van der Waals surface area contributed by atoms with Crippen molar-refractivity contribution in [1.82, 2.24) is 0 Å². The Labute approximate surface area is 205 Å². The number of hydrogen-bond acceptors (Lipinski definition) is 0. The molecule has 0 bridgehead atoms. The van der Waals surface area contributed by atoms with Crippen LogP contribution in [0.5, 0.6) is 0 Å². The summed E-state index contributed by atoms with van der Waals surface area (Å²) < 4.78 is 0. The Morgan fingerprint density at radius 1 is 0.588 bits per heavy atom. The quantitative estimate of drug-likeness (QED) is 0.336. The maximum absolute atomic E-state index is 5.99. The molecule has 0 fully saturated rings. The molecule has 0 saturated carbocycles. The lowest BCUT2D eigenvalue weighted by atomic mass is 9.48. The minimum atomic E-state index is -0.0378. The van der Waals surface area contributed by atoms with Gasteiger partial charge in [-0.3, -0.25) is 0 Å². The molecule has 3 aromatic carbocycles. The molecule has 0 N–H and O–H groups in total. The summed E-state index contributed by atoms with van der Waals surface area (Å²) in [6.45, 7) is 9.80. The summed E-state index contributed by atoms with van der Waals surface area (Å²) in [4.78, 5) is 0. The Kier molecular flexibility index (Phi) is 4.55. The fourth-order valence-electron chi connectivity index (χ4n) is 9.64. The molecule has 3 aliphatic carbocycles. The average molecular weight is 445 g/mol. The van der Waals surface area contributed by atoms with Gasteiger partial charge in [-0.1, -0.05) is 107 Å². The SMILES string of the molecule is C#Cc1ccc2c(c1)[C@@]1(CCC)c3ccccc3[C@@]3(CCC)c4ccccc4[C@]2(CCC)[C@]31C. The number of fused-ring (bicyclic) bond motifs is 9. The van der Waals surface area contributed by atoms with Crippen molar-refractivity contribution in [2.75, 3.05) is 0 Å². The molecule has 3 aliphatic rings. The Morgan fingerprint density at radius 3 is 1.35 bits per heavy atom. The minimum Gasteiger partial charge on any atom is -0.115 e. The Balaban J connectivity index is 1.91. The molecule has 4 atom stereocenters. The number of hydrogen-bond donors (Lipinski definition) is 0. The van der Waals surface area contributed by atoms with Crippen LogP contribution in [-0.4, -0.2) is 0 Å². The third-order valence-corrected chi connectivity index (χ3v) is 10.2. The first kappa shape index (κ1) is 21.7. The van der Waals surface area contributed by atoms with Crippen molar-refractivity contribution in [2.45, 2.75) is 82.5 Å². The molecule has 0 unspecified atom stereocenters. The van der Waals surface area contributed by atoms with Gasteiger partial charge in [0.2, 0.25) is 0 Å². The molecule has 6 rings (SSSR count). The Morgan fingerprint density at radius 2 is 0.971 bits per heavy atom. The van der Waals surface area contributed by atoms with E-state index in [4.69, 9.17) is 6.42 Å². The van der Waals surface area contributed by atoms with E-state index in [2.05, 4.69) is 100 Å². The highest BCUT2D eigenvalue weighted by molar-refractivity contribution is 5.77. The van der Waals surface area contributed by atoms with E-state index in [1.165, 1.54) is 31.2 Å². The molecule has 172 valence electrons. The van der Waals surface area contributed by atoms with Gasteiger partial charge in [-0.25, -0.2) is 0 Å². The fraction of sp³-hybridized carbons (Fsp3) is 0.412. The van der Waals surface area contributed by atoms with Crippen LogP contribution in [0.3, 0.4) is 0 Å². The summed E-state index contributed by atoms with van der Waals surface area (Å²) in [5, 5.41) is 0. The van der Waals surface area contributed by atoms with Gasteiger partial charge < -0.3 is 0 Å². The molecule has 0 radical (unpaired) electrons. The van der Waals surface area contributed by atoms with Gasteiger partial charge in [0, 0.05) is 27.2 Å². The van der Waals surface area contributed by atoms with Gasteiger partial charge in [0.15, 0.2) is 0 Å². The van der Waals surface area contributed by atoms with Crippen molar-refractivity contribution in [3.8, 4) is 12.3 Å². The molecule has 0 saturated heterocycles. The van der Waals surface area contributed by atoms with Gasteiger partial charge in [0.1, 0.15) is 0 Å². The largest absolute Gasteiger partial charge is 0.115 e. The van der Waals surface area contributed by atoms with Crippen molar-refractivity contribution >= 4 is 0 Å². The van der Waals surface area contributed by atoms with E-state index in [9.17, 15) is 0 Å². The second-order valence-electron chi connectivity index (χ2n) is 11.1. The highest BCUT2D eigenvalue weighted by atomic mass is 14.8. The van der Waals surface area contributed by atoms with Crippen LogP contribution in [0, 0.1) is 17.8 Å². The molecule has 0 heterocycles. The average Bonchev–Trinajstić information content (AvgIpc) is 3.27. The van der Waals surface area contributed by atoms with Crippen molar-refractivity contribution < 1.29 is 0 Å². The lowest BCUT2D eigenvalue weighted by Gasteiger charge is -2.53. The molecule has 34 heavy (non-hydrogen) atoms. The van der Waals surface area contributed by atoms with Gasteiger partial charge in [-0.05, 0) is 64.8 Å². The van der Waals surface area contributed by atoms with Crippen LogP contribution in [0.4, 0.5) is 0 Å². The summed E-state index contributed by atoms with van der Waals surface area (Å²) in [5.74, 6) is 2.97. The van der Waals surface area contributed by atoms with Crippen LogP contribution in [0.2, 0.25) is 0 Å². The summed E-state index contributed by atoms with van der Waals surface area (Å²) >= 11 is 0. The third kappa shape index (κ3) is 1.95. The van der Waals surface area contributed by atoms with Gasteiger partial charge in [0.05, 0.1) is 0 Å². The fourth-order valence-corrected chi connectivity index (χ4v) is 9.64. The van der Waals surface area contributed by atoms with Gasteiger partial charge in [-0.2, -0.15) is 0 Å². The van der Waals surface area contributed by atoms with E-state index in [0.29, 0.717) is 0 Å². The second-order valence-corrected chi connectivity index (χ2v) is 11.1. The number of terminal acetylenes is 1. The highest BCUT2D eigenvalue weighted by Crippen LogP contribution is 2.84. The molecule has 0 spiro atoms. The number of rotatable bonds is 6. The minimum absolute atomic E-state index is 0.00853. The van der Waals surface area contributed by atoms with Crippen LogP contribution >= 0.6 is 0 Å². The zero-order valence-electron chi connectivity index (χ0n) is 21.2. The second kappa shape index (κ2) is 7.11. The summed E-state index contributed by atoms with van der Waals surface area (Å²) in [7, 11) is 0. The summed E-state index contributed by atoms with van der Waals surface area (Å²) in [5.41, 5.74) is 10.4. The zero-order valence-corrected chi connectivity index (χ0v) is 21.2. The molecule has 3 aromatic rings. The summed E-state index contributed by atoms with van der Waals surface area (Å²) in [6.07, 6.45) is 13.0. The van der Waals surface area contributed by atoms with E-state index in [1.54, 1.807) is 27.8 Å². The lowest BCUT2D eigenvalue weighted by molar-refractivity contribution is 0.0540. The third-order valence-electron chi connectivity index (χ3n) is 10.2. The van der Waals surface area contributed by atoms with Crippen LogP contribution in [-0.2, 0) is 16.2 Å². The molecule has 0 nitrogen and oxygen atoms in total. The summed E-state index contributed by atoms with van der Waals surface area (Å²) in [6, 6.07) is 26.0. The van der Waals surface area contributed by atoms with E-state index in [-0.39, 0.29) is 21.7 Å². The van der Waals surface area contributed by atoms with Gasteiger partial charge in [-0.15, -0.1) is 6.42 Å². The Hall–Kier alpha value is -2.78. The van der Waals surface area contributed by atoms with Crippen LogP contribution in [0.15, 0.2) is 66.7 Å². The molecule has 0 amide bonds. The van der Waals surface area contributed by atoms with E-state index in [0.717, 1.165) is 18.4 Å². The van der Waals surface area contributed by atoms with E-state index < -0.39 is 0 Å². The molecule has 0 aliphatic heterocycles.